The second kappa shape index (κ2) is 5.83. The standard InChI is InChI=1S/C11H21N3/c1-11(4-7-13(2)3)10-14-8-5-12-6-9-14/h4,7,12H,1,5-6,8-10H2,2-3H3/b7-4-. The van der Waals surface area contributed by atoms with Crippen molar-refractivity contribution in [3.63, 3.8) is 0 Å². The fourth-order valence-electron chi connectivity index (χ4n) is 1.46. The summed E-state index contributed by atoms with van der Waals surface area (Å²) in [6.45, 7) is 9.51. The van der Waals surface area contributed by atoms with Crippen molar-refractivity contribution in [2.75, 3.05) is 46.8 Å². The van der Waals surface area contributed by atoms with Gasteiger partial charge in [0.1, 0.15) is 0 Å². The predicted molar refractivity (Wildman–Crippen MR) is 61.3 cm³/mol. The van der Waals surface area contributed by atoms with E-state index in [2.05, 4.69) is 22.9 Å². The summed E-state index contributed by atoms with van der Waals surface area (Å²) in [6.07, 6.45) is 4.13. The summed E-state index contributed by atoms with van der Waals surface area (Å²) in [6, 6.07) is 0. The Morgan fingerprint density at radius 2 is 2.07 bits per heavy atom. The molecule has 0 aromatic heterocycles. The summed E-state index contributed by atoms with van der Waals surface area (Å²) in [5.41, 5.74) is 1.18. The quantitative estimate of drug-likeness (QED) is 0.660. The van der Waals surface area contributed by atoms with Crippen LogP contribution in [0.1, 0.15) is 0 Å². The molecule has 1 heterocycles. The lowest BCUT2D eigenvalue weighted by molar-refractivity contribution is 0.261. The van der Waals surface area contributed by atoms with Gasteiger partial charge in [0, 0.05) is 46.8 Å². The molecule has 14 heavy (non-hydrogen) atoms. The Morgan fingerprint density at radius 3 is 2.64 bits per heavy atom. The lowest BCUT2D eigenvalue weighted by Crippen LogP contribution is -2.43. The van der Waals surface area contributed by atoms with E-state index in [1.54, 1.807) is 0 Å². The molecule has 0 aromatic rings. The Hall–Kier alpha value is -0.800. The molecular weight excluding hydrogens is 174 g/mol. The molecule has 1 aliphatic rings. The first-order valence-electron chi connectivity index (χ1n) is 5.14. The molecule has 0 amide bonds. The fraction of sp³-hybridized carbons (Fsp3) is 0.636. The molecular formula is C11H21N3. The second-order valence-electron chi connectivity index (χ2n) is 3.96. The normalized spacial score (nSPS) is 18.7. The predicted octanol–water partition coefficient (Wildman–Crippen LogP) is 0.523. The van der Waals surface area contributed by atoms with E-state index in [-0.39, 0.29) is 0 Å². The molecule has 1 fully saturated rings. The molecule has 1 aliphatic heterocycles. The van der Waals surface area contributed by atoms with E-state index in [0.29, 0.717) is 0 Å². The van der Waals surface area contributed by atoms with Crippen molar-refractivity contribution in [2.45, 2.75) is 0 Å². The number of hydrogen-bond acceptors (Lipinski definition) is 3. The Balaban J connectivity index is 2.25. The van der Waals surface area contributed by atoms with E-state index in [1.807, 2.05) is 25.2 Å². The minimum absolute atomic E-state index is 0.992. The van der Waals surface area contributed by atoms with Gasteiger partial charge in [0.15, 0.2) is 0 Å². The summed E-state index contributed by atoms with van der Waals surface area (Å²) < 4.78 is 0. The highest BCUT2D eigenvalue weighted by Gasteiger charge is 2.08. The molecule has 0 spiro atoms. The van der Waals surface area contributed by atoms with Crippen molar-refractivity contribution >= 4 is 0 Å². The first-order chi connectivity index (χ1) is 6.68. The fourth-order valence-corrected chi connectivity index (χ4v) is 1.46. The van der Waals surface area contributed by atoms with Gasteiger partial charge in [-0.15, -0.1) is 0 Å². The Kier molecular flexibility index (Phi) is 4.70. The maximum Gasteiger partial charge on any atom is 0.0229 e. The van der Waals surface area contributed by atoms with E-state index in [0.717, 1.165) is 32.7 Å². The van der Waals surface area contributed by atoms with Gasteiger partial charge in [-0.05, 0) is 17.8 Å². The third-order valence-corrected chi connectivity index (χ3v) is 2.24. The van der Waals surface area contributed by atoms with Crippen LogP contribution >= 0.6 is 0 Å². The van der Waals surface area contributed by atoms with Crippen LogP contribution < -0.4 is 5.32 Å². The van der Waals surface area contributed by atoms with Gasteiger partial charge in [-0.3, -0.25) is 4.90 Å². The van der Waals surface area contributed by atoms with E-state index in [4.69, 9.17) is 0 Å². The Morgan fingerprint density at radius 1 is 1.43 bits per heavy atom. The number of nitrogens with zero attached hydrogens (tertiary/aromatic N) is 2. The topological polar surface area (TPSA) is 18.5 Å². The van der Waals surface area contributed by atoms with Crippen molar-refractivity contribution in [2.24, 2.45) is 0 Å². The molecule has 1 N–H and O–H groups in total. The van der Waals surface area contributed by atoms with Gasteiger partial charge in [-0.25, -0.2) is 0 Å². The minimum atomic E-state index is 0.992. The molecule has 0 saturated carbocycles. The molecule has 0 unspecified atom stereocenters. The van der Waals surface area contributed by atoms with Gasteiger partial charge in [0.25, 0.3) is 0 Å². The number of piperazine rings is 1. The maximum absolute atomic E-state index is 4.05. The van der Waals surface area contributed by atoms with E-state index in [1.165, 1.54) is 5.57 Å². The second-order valence-corrected chi connectivity index (χ2v) is 3.96. The molecule has 1 saturated heterocycles. The molecule has 3 nitrogen and oxygen atoms in total. The van der Waals surface area contributed by atoms with Gasteiger partial charge in [0.05, 0.1) is 0 Å². The summed E-state index contributed by atoms with van der Waals surface area (Å²) >= 11 is 0. The molecule has 0 aliphatic carbocycles. The molecule has 0 aromatic carbocycles. The largest absolute Gasteiger partial charge is 0.383 e. The van der Waals surface area contributed by atoms with Crippen LogP contribution in [0.3, 0.4) is 0 Å². The van der Waals surface area contributed by atoms with Crippen molar-refractivity contribution in [1.82, 2.24) is 15.1 Å². The van der Waals surface area contributed by atoms with Crippen LogP contribution in [0.5, 0.6) is 0 Å². The van der Waals surface area contributed by atoms with Crippen LogP contribution in [0, 0.1) is 0 Å². The average molecular weight is 195 g/mol. The third-order valence-electron chi connectivity index (χ3n) is 2.24. The molecule has 0 bridgehead atoms. The highest BCUT2D eigenvalue weighted by atomic mass is 15.2. The summed E-state index contributed by atoms with van der Waals surface area (Å²) in [7, 11) is 4.04. The summed E-state index contributed by atoms with van der Waals surface area (Å²) in [4.78, 5) is 4.46. The Bertz CT molecular complexity index is 203. The zero-order valence-electron chi connectivity index (χ0n) is 9.29. The van der Waals surface area contributed by atoms with Crippen molar-refractivity contribution in [3.05, 3.63) is 24.4 Å². The molecule has 80 valence electrons. The first-order valence-corrected chi connectivity index (χ1v) is 5.14. The van der Waals surface area contributed by atoms with Crippen molar-refractivity contribution in [3.8, 4) is 0 Å². The first kappa shape index (κ1) is 11.3. The van der Waals surface area contributed by atoms with Gasteiger partial charge in [-0.2, -0.15) is 0 Å². The van der Waals surface area contributed by atoms with Crippen LogP contribution in [0.2, 0.25) is 0 Å². The zero-order valence-corrected chi connectivity index (χ0v) is 9.29. The number of nitrogens with one attached hydrogen (secondary N) is 1. The highest BCUT2D eigenvalue weighted by molar-refractivity contribution is 5.15. The minimum Gasteiger partial charge on any atom is -0.383 e. The summed E-state index contributed by atoms with van der Waals surface area (Å²) in [5.74, 6) is 0. The highest BCUT2D eigenvalue weighted by Crippen LogP contribution is 2.00. The van der Waals surface area contributed by atoms with Gasteiger partial charge in [0.2, 0.25) is 0 Å². The third kappa shape index (κ3) is 4.44. The number of rotatable bonds is 4. The maximum atomic E-state index is 4.05. The van der Waals surface area contributed by atoms with E-state index >= 15 is 0 Å². The van der Waals surface area contributed by atoms with Crippen LogP contribution in [0.4, 0.5) is 0 Å². The monoisotopic (exact) mass is 195 g/mol. The molecule has 1 rings (SSSR count). The van der Waals surface area contributed by atoms with E-state index in [9.17, 15) is 0 Å². The van der Waals surface area contributed by atoms with E-state index < -0.39 is 0 Å². The van der Waals surface area contributed by atoms with Crippen LogP contribution in [-0.2, 0) is 0 Å². The average Bonchev–Trinajstić information content (AvgIpc) is 2.16. The van der Waals surface area contributed by atoms with Crippen LogP contribution in [0.15, 0.2) is 24.4 Å². The summed E-state index contributed by atoms with van der Waals surface area (Å²) in [5, 5.41) is 3.34. The smallest absolute Gasteiger partial charge is 0.0229 e. The van der Waals surface area contributed by atoms with Crippen molar-refractivity contribution < 1.29 is 0 Å². The van der Waals surface area contributed by atoms with Gasteiger partial charge >= 0.3 is 0 Å². The Labute approximate surface area is 87.1 Å². The number of hydrogen-bond donors (Lipinski definition) is 1. The molecule has 0 atom stereocenters. The van der Waals surface area contributed by atoms with Crippen molar-refractivity contribution in [1.29, 1.82) is 0 Å². The lowest BCUT2D eigenvalue weighted by atomic mass is 10.2. The van der Waals surface area contributed by atoms with Gasteiger partial charge < -0.3 is 10.2 Å². The lowest BCUT2D eigenvalue weighted by Gasteiger charge is -2.27. The van der Waals surface area contributed by atoms with Crippen LogP contribution in [0.25, 0.3) is 0 Å². The SMILES string of the molecule is C=C(/C=C\N(C)C)CN1CCNCC1. The van der Waals surface area contributed by atoms with Crippen LogP contribution in [-0.4, -0.2) is 56.6 Å². The zero-order chi connectivity index (χ0) is 10.4. The molecule has 0 radical (unpaired) electrons. The van der Waals surface area contributed by atoms with Gasteiger partial charge in [-0.1, -0.05) is 6.58 Å². The molecule has 3 heteroatoms.